The van der Waals surface area contributed by atoms with Crippen LogP contribution < -0.4 is 0 Å². The summed E-state index contributed by atoms with van der Waals surface area (Å²) >= 11 is 0. The average molecular weight is 303 g/mol. The third-order valence-electron chi connectivity index (χ3n) is 5.54. The van der Waals surface area contributed by atoms with Crippen LogP contribution in [0.1, 0.15) is 84.0 Å². The van der Waals surface area contributed by atoms with Gasteiger partial charge in [-0.3, -0.25) is 0 Å². The molecule has 1 heteroatoms. The molecule has 0 aromatic carbocycles. The number of hydrogen-bond acceptors (Lipinski definition) is 1. The standard InChI is InChI=1S/C21H34O/c1-2-3-4-7-18-10-12-19(13-11-18)8-5-6-9-20-14-16-21(22)17-15-20/h5,8,18-22H,2-4,7,10-17H2,1H3/b8-5+. The van der Waals surface area contributed by atoms with Gasteiger partial charge in [0.15, 0.2) is 0 Å². The van der Waals surface area contributed by atoms with Crippen LogP contribution in [0.5, 0.6) is 0 Å². The van der Waals surface area contributed by atoms with Gasteiger partial charge in [0.1, 0.15) is 0 Å². The smallest absolute Gasteiger partial charge is 0.0541 e. The normalized spacial score (nSPS) is 32.6. The molecular weight excluding hydrogens is 268 g/mol. The van der Waals surface area contributed by atoms with E-state index in [0.29, 0.717) is 5.92 Å². The minimum atomic E-state index is -0.0684. The van der Waals surface area contributed by atoms with Gasteiger partial charge in [-0.25, -0.2) is 0 Å². The fourth-order valence-electron chi connectivity index (χ4n) is 3.92. The van der Waals surface area contributed by atoms with Crippen molar-refractivity contribution in [2.75, 3.05) is 0 Å². The van der Waals surface area contributed by atoms with Crippen molar-refractivity contribution in [3.8, 4) is 11.8 Å². The van der Waals surface area contributed by atoms with Crippen LogP contribution in [0.4, 0.5) is 0 Å². The molecule has 0 aromatic rings. The summed E-state index contributed by atoms with van der Waals surface area (Å²) in [5.41, 5.74) is 0. The average Bonchev–Trinajstić information content (AvgIpc) is 2.55. The Bertz CT molecular complexity index is 370. The first-order chi connectivity index (χ1) is 10.8. The summed E-state index contributed by atoms with van der Waals surface area (Å²) in [6.07, 6.45) is 19.6. The lowest BCUT2D eigenvalue weighted by Crippen LogP contribution is -2.16. The Kier molecular flexibility index (Phi) is 8.10. The van der Waals surface area contributed by atoms with Crippen molar-refractivity contribution in [1.29, 1.82) is 0 Å². The zero-order valence-corrected chi connectivity index (χ0v) is 14.4. The zero-order chi connectivity index (χ0) is 15.6. The zero-order valence-electron chi connectivity index (χ0n) is 14.4. The topological polar surface area (TPSA) is 20.2 Å². The lowest BCUT2D eigenvalue weighted by molar-refractivity contribution is 0.119. The number of aliphatic hydroxyl groups is 1. The third kappa shape index (κ3) is 6.57. The van der Waals surface area contributed by atoms with Gasteiger partial charge in [-0.2, -0.15) is 0 Å². The van der Waals surface area contributed by atoms with Crippen LogP contribution in [0, 0.1) is 29.6 Å². The molecule has 0 unspecified atom stereocenters. The van der Waals surface area contributed by atoms with Crippen LogP contribution >= 0.6 is 0 Å². The minimum Gasteiger partial charge on any atom is -0.393 e. The minimum absolute atomic E-state index is 0.0684. The molecule has 1 nitrogen and oxygen atoms in total. The van der Waals surface area contributed by atoms with Crippen molar-refractivity contribution in [3.63, 3.8) is 0 Å². The Labute approximate surface area is 137 Å². The van der Waals surface area contributed by atoms with Gasteiger partial charge < -0.3 is 5.11 Å². The summed E-state index contributed by atoms with van der Waals surface area (Å²) in [6.45, 7) is 2.29. The number of aliphatic hydroxyl groups excluding tert-OH is 1. The molecule has 22 heavy (non-hydrogen) atoms. The van der Waals surface area contributed by atoms with Gasteiger partial charge in [-0.15, -0.1) is 0 Å². The number of hydrogen-bond donors (Lipinski definition) is 1. The predicted molar refractivity (Wildman–Crippen MR) is 94.5 cm³/mol. The second-order valence-corrected chi connectivity index (χ2v) is 7.43. The van der Waals surface area contributed by atoms with Crippen LogP contribution in [0.3, 0.4) is 0 Å². The number of rotatable bonds is 5. The van der Waals surface area contributed by atoms with Crippen molar-refractivity contribution in [2.24, 2.45) is 17.8 Å². The summed E-state index contributed by atoms with van der Waals surface area (Å²) in [5, 5.41) is 9.50. The second kappa shape index (κ2) is 10.1. The first kappa shape index (κ1) is 17.6. The predicted octanol–water partition coefficient (Wildman–Crippen LogP) is 5.48. The Hall–Kier alpha value is -0.740. The van der Waals surface area contributed by atoms with Crippen molar-refractivity contribution < 1.29 is 5.11 Å². The Morgan fingerprint density at radius 3 is 2.36 bits per heavy atom. The molecule has 1 N–H and O–H groups in total. The van der Waals surface area contributed by atoms with E-state index in [-0.39, 0.29) is 6.10 Å². The molecule has 2 aliphatic rings. The second-order valence-electron chi connectivity index (χ2n) is 7.43. The highest BCUT2D eigenvalue weighted by molar-refractivity contribution is 5.18. The van der Waals surface area contributed by atoms with E-state index in [1.54, 1.807) is 0 Å². The first-order valence-corrected chi connectivity index (χ1v) is 9.63. The molecule has 0 aliphatic heterocycles. The van der Waals surface area contributed by atoms with E-state index in [1.165, 1.54) is 51.4 Å². The molecule has 0 saturated heterocycles. The molecule has 2 fully saturated rings. The molecule has 2 aliphatic carbocycles. The van der Waals surface area contributed by atoms with Gasteiger partial charge in [0.2, 0.25) is 0 Å². The lowest BCUT2D eigenvalue weighted by atomic mass is 9.79. The van der Waals surface area contributed by atoms with Crippen LogP contribution in [0.25, 0.3) is 0 Å². The van der Waals surface area contributed by atoms with Crippen molar-refractivity contribution in [1.82, 2.24) is 0 Å². The highest BCUT2D eigenvalue weighted by atomic mass is 16.3. The molecule has 0 atom stereocenters. The van der Waals surface area contributed by atoms with E-state index < -0.39 is 0 Å². The van der Waals surface area contributed by atoms with E-state index in [9.17, 15) is 5.11 Å². The molecule has 0 amide bonds. The lowest BCUT2D eigenvalue weighted by Gasteiger charge is -2.26. The summed E-state index contributed by atoms with van der Waals surface area (Å²) in [4.78, 5) is 0. The first-order valence-electron chi connectivity index (χ1n) is 9.63. The quantitative estimate of drug-likeness (QED) is 0.526. The maximum absolute atomic E-state index is 9.50. The fourth-order valence-corrected chi connectivity index (χ4v) is 3.92. The van der Waals surface area contributed by atoms with Crippen LogP contribution in [-0.2, 0) is 0 Å². The van der Waals surface area contributed by atoms with E-state index in [0.717, 1.165) is 37.5 Å². The summed E-state index contributed by atoms with van der Waals surface area (Å²) in [5.74, 6) is 8.92. The van der Waals surface area contributed by atoms with Gasteiger partial charge in [0.25, 0.3) is 0 Å². The van der Waals surface area contributed by atoms with Gasteiger partial charge >= 0.3 is 0 Å². The number of allylic oxidation sites excluding steroid dienone is 2. The van der Waals surface area contributed by atoms with Crippen molar-refractivity contribution in [3.05, 3.63) is 12.2 Å². The highest BCUT2D eigenvalue weighted by Gasteiger charge is 2.19. The molecule has 124 valence electrons. The van der Waals surface area contributed by atoms with Crippen LogP contribution in [-0.4, -0.2) is 11.2 Å². The van der Waals surface area contributed by atoms with E-state index in [1.807, 2.05) is 0 Å². The molecule has 0 bridgehead atoms. The number of unbranched alkanes of at least 4 members (excludes halogenated alkanes) is 2. The largest absolute Gasteiger partial charge is 0.393 e. The van der Waals surface area contributed by atoms with Gasteiger partial charge in [-0.1, -0.05) is 50.5 Å². The molecular formula is C21H34O. The molecule has 0 aromatic heterocycles. The Morgan fingerprint density at radius 1 is 0.955 bits per heavy atom. The third-order valence-corrected chi connectivity index (χ3v) is 5.54. The van der Waals surface area contributed by atoms with Gasteiger partial charge in [0.05, 0.1) is 6.10 Å². The molecule has 2 rings (SSSR count). The summed E-state index contributed by atoms with van der Waals surface area (Å²) < 4.78 is 0. The molecule has 2 saturated carbocycles. The van der Waals surface area contributed by atoms with Crippen molar-refractivity contribution >= 4 is 0 Å². The summed E-state index contributed by atoms with van der Waals surface area (Å²) in [6, 6.07) is 0. The van der Waals surface area contributed by atoms with Crippen LogP contribution in [0.15, 0.2) is 12.2 Å². The van der Waals surface area contributed by atoms with Gasteiger partial charge in [0, 0.05) is 5.92 Å². The molecule has 0 spiro atoms. The maximum atomic E-state index is 9.50. The fraction of sp³-hybridized carbons (Fsp3) is 0.810. The van der Waals surface area contributed by atoms with E-state index in [2.05, 4.69) is 30.9 Å². The van der Waals surface area contributed by atoms with Gasteiger partial charge in [-0.05, 0) is 69.3 Å². The molecule has 0 heterocycles. The summed E-state index contributed by atoms with van der Waals surface area (Å²) in [7, 11) is 0. The van der Waals surface area contributed by atoms with E-state index in [4.69, 9.17) is 0 Å². The Morgan fingerprint density at radius 2 is 1.68 bits per heavy atom. The highest BCUT2D eigenvalue weighted by Crippen LogP contribution is 2.32. The Balaban J connectivity index is 1.61. The van der Waals surface area contributed by atoms with E-state index >= 15 is 0 Å². The van der Waals surface area contributed by atoms with Crippen LogP contribution in [0.2, 0.25) is 0 Å². The SMILES string of the molecule is CCCCCC1CCC(/C=C/C#CC2CCC(O)CC2)CC1. The monoisotopic (exact) mass is 302 g/mol. The maximum Gasteiger partial charge on any atom is 0.0541 e. The molecule has 0 radical (unpaired) electrons. The van der Waals surface area contributed by atoms with Crippen molar-refractivity contribution in [2.45, 2.75) is 90.1 Å².